The van der Waals surface area contributed by atoms with E-state index in [1.807, 2.05) is 19.3 Å². The van der Waals surface area contributed by atoms with Crippen LogP contribution in [0.25, 0.3) is 5.69 Å². The summed E-state index contributed by atoms with van der Waals surface area (Å²) in [4.78, 5) is 4.40. The lowest BCUT2D eigenvalue weighted by Crippen LogP contribution is -2.18. The van der Waals surface area contributed by atoms with Gasteiger partial charge < -0.3 is 10.5 Å². The lowest BCUT2D eigenvalue weighted by atomic mass is 9.91. The lowest BCUT2D eigenvalue weighted by molar-refractivity contribution is 0.0852. The van der Waals surface area contributed by atoms with Crippen molar-refractivity contribution in [3.8, 4) is 5.69 Å². The summed E-state index contributed by atoms with van der Waals surface area (Å²) in [6.45, 7) is 3.48. The summed E-state index contributed by atoms with van der Waals surface area (Å²) in [5.41, 5.74) is 9.74. The van der Waals surface area contributed by atoms with Gasteiger partial charge in [0.15, 0.2) is 0 Å². The molecule has 2 aromatic heterocycles. The van der Waals surface area contributed by atoms with Crippen molar-refractivity contribution < 1.29 is 4.74 Å². The molecule has 6 nitrogen and oxygen atoms in total. The van der Waals surface area contributed by atoms with Crippen LogP contribution in [0.4, 0.5) is 5.69 Å². The minimum Gasteiger partial charge on any atom is -0.395 e. The third kappa shape index (κ3) is 2.19. The Kier molecular flexibility index (Phi) is 3.16. The standard InChI is InChI=1S/C13H17N5O/c1-9-12(14)13(18-5-4-16-17-18)11(8-15-9)10-2-6-19-7-3-10/h4-5,8,10H,2-3,6-7,14H2,1H3. The molecule has 0 saturated carbocycles. The van der Waals surface area contributed by atoms with Gasteiger partial charge >= 0.3 is 0 Å². The highest BCUT2D eigenvalue weighted by atomic mass is 16.5. The number of aryl methyl sites for hydroxylation is 1. The van der Waals surface area contributed by atoms with Gasteiger partial charge in [0.1, 0.15) is 0 Å². The van der Waals surface area contributed by atoms with Crippen LogP contribution in [-0.4, -0.2) is 33.2 Å². The van der Waals surface area contributed by atoms with Crippen molar-refractivity contribution in [2.45, 2.75) is 25.7 Å². The van der Waals surface area contributed by atoms with Crippen molar-refractivity contribution in [2.75, 3.05) is 18.9 Å². The van der Waals surface area contributed by atoms with Crippen LogP contribution in [0.5, 0.6) is 0 Å². The Morgan fingerprint density at radius 1 is 1.37 bits per heavy atom. The van der Waals surface area contributed by atoms with Gasteiger partial charge in [0.25, 0.3) is 0 Å². The number of aromatic nitrogens is 4. The number of hydrogen-bond donors (Lipinski definition) is 1. The number of ether oxygens (including phenoxy) is 1. The normalized spacial score (nSPS) is 16.7. The molecule has 0 aliphatic carbocycles. The average molecular weight is 259 g/mol. The molecule has 1 aliphatic rings. The van der Waals surface area contributed by atoms with E-state index in [2.05, 4.69) is 15.3 Å². The number of nitrogens with two attached hydrogens (primary N) is 1. The fourth-order valence-corrected chi connectivity index (χ4v) is 2.51. The van der Waals surface area contributed by atoms with Gasteiger partial charge in [-0.15, -0.1) is 5.10 Å². The minimum atomic E-state index is 0.420. The van der Waals surface area contributed by atoms with E-state index in [9.17, 15) is 0 Å². The van der Waals surface area contributed by atoms with Crippen molar-refractivity contribution in [3.63, 3.8) is 0 Å². The smallest absolute Gasteiger partial charge is 0.0961 e. The van der Waals surface area contributed by atoms with Crippen molar-refractivity contribution >= 4 is 5.69 Å². The van der Waals surface area contributed by atoms with E-state index >= 15 is 0 Å². The molecule has 0 bridgehead atoms. The molecule has 2 aromatic rings. The summed E-state index contributed by atoms with van der Waals surface area (Å²) in [7, 11) is 0. The van der Waals surface area contributed by atoms with Gasteiger partial charge in [0.2, 0.25) is 0 Å². The maximum atomic E-state index is 6.20. The minimum absolute atomic E-state index is 0.420. The molecular formula is C13H17N5O. The van der Waals surface area contributed by atoms with E-state index < -0.39 is 0 Å². The Morgan fingerprint density at radius 2 is 2.16 bits per heavy atom. The zero-order valence-corrected chi connectivity index (χ0v) is 10.9. The van der Waals surface area contributed by atoms with E-state index in [1.165, 1.54) is 0 Å². The molecule has 0 radical (unpaired) electrons. The van der Waals surface area contributed by atoms with Crippen LogP contribution in [0.15, 0.2) is 18.6 Å². The molecular weight excluding hydrogens is 242 g/mol. The first-order chi connectivity index (χ1) is 9.27. The predicted molar refractivity (Wildman–Crippen MR) is 71.1 cm³/mol. The second kappa shape index (κ2) is 4.97. The summed E-state index contributed by atoms with van der Waals surface area (Å²) in [6.07, 6.45) is 7.37. The predicted octanol–water partition coefficient (Wildman–Crippen LogP) is 1.45. The Hall–Kier alpha value is -1.95. The molecule has 3 heterocycles. The summed E-state index contributed by atoms with van der Waals surface area (Å²) in [5, 5.41) is 7.94. The number of pyridine rings is 1. The monoisotopic (exact) mass is 259 g/mol. The molecule has 2 N–H and O–H groups in total. The van der Waals surface area contributed by atoms with Crippen molar-refractivity contribution in [3.05, 3.63) is 29.8 Å². The van der Waals surface area contributed by atoms with E-state index in [4.69, 9.17) is 10.5 Å². The highest BCUT2D eigenvalue weighted by Crippen LogP contribution is 2.34. The van der Waals surface area contributed by atoms with Gasteiger partial charge in [0.05, 0.1) is 29.5 Å². The fourth-order valence-electron chi connectivity index (χ4n) is 2.51. The van der Waals surface area contributed by atoms with Gasteiger partial charge in [-0.2, -0.15) is 0 Å². The van der Waals surface area contributed by atoms with E-state index in [0.717, 1.165) is 43.0 Å². The van der Waals surface area contributed by atoms with Crippen LogP contribution in [0, 0.1) is 6.92 Å². The first kappa shape index (κ1) is 12.1. The highest BCUT2D eigenvalue weighted by molar-refractivity contribution is 5.64. The molecule has 1 saturated heterocycles. The second-order valence-electron chi connectivity index (χ2n) is 4.80. The Labute approximate surface area is 111 Å². The van der Waals surface area contributed by atoms with Crippen LogP contribution >= 0.6 is 0 Å². The van der Waals surface area contributed by atoms with E-state index in [-0.39, 0.29) is 0 Å². The number of hydrogen-bond acceptors (Lipinski definition) is 5. The van der Waals surface area contributed by atoms with E-state index in [1.54, 1.807) is 10.9 Å². The molecule has 0 spiro atoms. The van der Waals surface area contributed by atoms with Crippen molar-refractivity contribution in [2.24, 2.45) is 0 Å². The molecule has 6 heteroatoms. The molecule has 1 aliphatic heterocycles. The van der Waals surface area contributed by atoms with E-state index in [0.29, 0.717) is 11.6 Å². The van der Waals surface area contributed by atoms with Gasteiger partial charge in [-0.25, -0.2) is 4.68 Å². The molecule has 19 heavy (non-hydrogen) atoms. The third-order valence-electron chi connectivity index (χ3n) is 3.63. The largest absolute Gasteiger partial charge is 0.395 e. The summed E-state index contributed by atoms with van der Waals surface area (Å²) in [5.74, 6) is 0.420. The van der Waals surface area contributed by atoms with Gasteiger partial charge in [-0.3, -0.25) is 4.98 Å². The first-order valence-corrected chi connectivity index (χ1v) is 6.47. The number of nitrogens with zero attached hydrogens (tertiary/aromatic N) is 4. The second-order valence-corrected chi connectivity index (χ2v) is 4.80. The quantitative estimate of drug-likeness (QED) is 0.883. The topological polar surface area (TPSA) is 78.8 Å². The zero-order chi connectivity index (χ0) is 13.2. The third-order valence-corrected chi connectivity index (χ3v) is 3.63. The Bertz CT molecular complexity index is 561. The molecule has 1 fully saturated rings. The first-order valence-electron chi connectivity index (χ1n) is 6.47. The zero-order valence-electron chi connectivity index (χ0n) is 10.9. The van der Waals surface area contributed by atoms with Gasteiger partial charge in [0, 0.05) is 25.0 Å². The van der Waals surface area contributed by atoms with Gasteiger partial charge in [-0.1, -0.05) is 5.21 Å². The maximum Gasteiger partial charge on any atom is 0.0961 e. The number of anilines is 1. The summed E-state index contributed by atoms with van der Waals surface area (Å²) >= 11 is 0. The van der Waals surface area contributed by atoms with Crippen LogP contribution < -0.4 is 5.73 Å². The fraction of sp³-hybridized carbons (Fsp3) is 0.462. The highest BCUT2D eigenvalue weighted by Gasteiger charge is 2.22. The summed E-state index contributed by atoms with van der Waals surface area (Å²) < 4.78 is 7.15. The van der Waals surface area contributed by atoms with Gasteiger partial charge in [-0.05, 0) is 25.7 Å². The van der Waals surface area contributed by atoms with Crippen molar-refractivity contribution in [1.82, 2.24) is 20.0 Å². The number of nitrogen functional groups attached to an aromatic ring is 1. The molecule has 0 atom stereocenters. The van der Waals surface area contributed by atoms with Crippen molar-refractivity contribution in [1.29, 1.82) is 0 Å². The molecule has 0 amide bonds. The SMILES string of the molecule is Cc1ncc(C2CCOCC2)c(-n2ccnn2)c1N. The average Bonchev–Trinajstić information content (AvgIpc) is 2.96. The Morgan fingerprint density at radius 3 is 2.84 bits per heavy atom. The molecule has 0 unspecified atom stereocenters. The number of rotatable bonds is 2. The maximum absolute atomic E-state index is 6.20. The molecule has 0 aromatic carbocycles. The van der Waals surface area contributed by atoms with Crippen LogP contribution in [0.2, 0.25) is 0 Å². The van der Waals surface area contributed by atoms with Crippen LogP contribution in [0.3, 0.4) is 0 Å². The van der Waals surface area contributed by atoms with Crippen LogP contribution in [-0.2, 0) is 4.74 Å². The Balaban J connectivity index is 2.10. The van der Waals surface area contributed by atoms with Crippen LogP contribution in [0.1, 0.15) is 30.0 Å². The lowest BCUT2D eigenvalue weighted by Gasteiger charge is -2.25. The summed E-state index contributed by atoms with van der Waals surface area (Å²) in [6, 6.07) is 0. The molecule has 3 rings (SSSR count). The molecule has 100 valence electrons.